The molecular weight excluding hydrogens is 294 g/mol. The molecule has 0 heterocycles. The van der Waals surface area contributed by atoms with E-state index in [1.165, 1.54) is 13.2 Å². The molecule has 1 amide bonds. The van der Waals surface area contributed by atoms with Crippen LogP contribution in [0.15, 0.2) is 18.2 Å². The number of nitriles is 1. The molecule has 0 bridgehead atoms. The van der Waals surface area contributed by atoms with Gasteiger partial charge in [0.15, 0.2) is 0 Å². The number of nitrogens with zero attached hydrogens (tertiary/aromatic N) is 2. The third-order valence-corrected chi connectivity index (χ3v) is 2.98. The molecule has 0 aromatic heterocycles. The molecule has 0 fully saturated rings. The van der Waals surface area contributed by atoms with Crippen molar-refractivity contribution in [3.63, 3.8) is 0 Å². The van der Waals surface area contributed by atoms with Crippen LogP contribution >= 0.6 is 11.6 Å². The number of ether oxygens (including phenoxy) is 1. The van der Waals surface area contributed by atoms with Gasteiger partial charge in [0.2, 0.25) is 5.91 Å². The van der Waals surface area contributed by atoms with Crippen molar-refractivity contribution in [2.24, 2.45) is 0 Å². The van der Waals surface area contributed by atoms with Crippen LogP contribution in [-0.4, -0.2) is 55.9 Å². The molecule has 0 spiro atoms. The van der Waals surface area contributed by atoms with Gasteiger partial charge in [0, 0.05) is 19.3 Å². The summed E-state index contributed by atoms with van der Waals surface area (Å²) in [6.07, 6.45) is -0.642. The van der Waals surface area contributed by atoms with E-state index in [2.05, 4.69) is 5.32 Å². The SMILES string of the molecule is COCC(O)CN(C)CC(=O)Nc1ccc(C#N)c(Cl)c1. The van der Waals surface area contributed by atoms with E-state index < -0.39 is 6.10 Å². The van der Waals surface area contributed by atoms with Gasteiger partial charge < -0.3 is 15.2 Å². The van der Waals surface area contributed by atoms with E-state index >= 15 is 0 Å². The molecule has 0 aliphatic rings. The Morgan fingerprint density at radius 3 is 2.90 bits per heavy atom. The number of rotatable bonds is 7. The van der Waals surface area contributed by atoms with E-state index in [1.54, 1.807) is 24.1 Å². The Hall–Kier alpha value is -1.65. The number of likely N-dealkylation sites (N-methyl/N-ethyl adjacent to an activating group) is 1. The molecule has 1 atom stereocenters. The van der Waals surface area contributed by atoms with Crippen LogP contribution in [0.5, 0.6) is 0 Å². The summed E-state index contributed by atoms with van der Waals surface area (Å²) < 4.78 is 4.82. The fourth-order valence-electron chi connectivity index (χ4n) is 1.80. The van der Waals surface area contributed by atoms with Crippen LogP contribution in [0.3, 0.4) is 0 Å². The van der Waals surface area contributed by atoms with Crippen molar-refractivity contribution < 1.29 is 14.6 Å². The van der Waals surface area contributed by atoms with Gasteiger partial charge in [-0.15, -0.1) is 0 Å². The lowest BCUT2D eigenvalue weighted by Gasteiger charge is -2.19. The van der Waals surface area contributed by atoms with Crippen LogP contribution in [0.25, 0.3) is 0 Å². The molecule has 6 nitrogen and oxygen atoms in total. The minimum atomic E-state index is -0.642. The summed E-state index contributed by atoms with van der Waals surface area (Å²) in [6.45, 7) is 0.672. The van der Waals surface area contributed by atoms with Gasteiger partial charge in [-0.05, 0) is 25.2 Å². The van der Waals surface area contributed by atoms with Crippen molar-refractivity contribution in [2.75, 3.05) is 39.2 Å². The normalized spacial score (nSPS) is 12.0. The highest BCUT2D eigenvalue weighted by atomic mass is 35.5. The first-order valence-electron chi connectivity index (χ1n) is 6.31. The zero-order valence-corrected chi connectivity index (χ0v) is 12.7. The number of carbonyl (C=O) groups is 1. The summed E-state index contributed by atoms with van der Waals surface area (Å²) >= 11 is 5.89. The zero-order chi connectivity index (χ0) is 15.8. The van der Waals surface area contributed by atoms with Crippen molar-refractivity contribution in [1.29, 1.82) is 5.26 Å². The number of amides is 1. The number of benzene rings is 1. The van der Waals surface area contributed by atoms with E-state index in [1.807, 2.05) is 6.07 Å². The maximum atomic E-state index is 11.9. The van der Waals surface area contributed by atoms with Gasteiger partial charge in [-0.1, -0.05) is 11.6 Å². The minimum absolute atomic E-state index is 0.123. The maximum absolute atomic E-state index is 11.9. The predicted octanol–water partition coefficient (Wildman–Crippen LogP) is 1.09. The molecule has 1 aromatic rings. The molecule has 1 rings (SSSR count). The Kier molecular flexibility index (Phi) is 7.12. The summed E-state index contributed by atoms with van der Waals surface area (Å²) in [5, 5.41) is 21.3. The number of nitrogens with one attached hydrogen (secondary N) is 1. The van der Waals surface area contributed by atoms with Crippen LogP contribution in [0.1, 0.15) is 5.56 Å². The lowest BCUT2D eigenvalue weighted by molar-refractivity contribution is -0.117. The highest BCUT2D eigenvalue weighted by Gasteiger charge is 2.12. The molecule has 0 aliphatic carbocycles. The lowest BCUT2D eigenvalue weighted by Crippen LogP contribution is -2.37. The number of halogens is 1. The Labute approximate surface area is 128 Å². The van der Waals surface area contributed by atoms with Crippen molar-refractivity contribution in [2.45, 2.75) is 6.10 Å². The van der Waals surface area contributed by atoms with Crippen LogP contribution in [0.4, 0.5) is 5.69 Å². The minimum Gasteiger partial charge on any atom is -0.389 e. The molecular formula is C14H18ClN3O3. The number of hydrogen-bond donors (Lipinski definition) is 2. The van der Waals surface area contributed by atoms with Crippen molar-refractivity contribution in [1.82, 2.24) is 4.90 Å². The average molecular weight is 312 g/mol. The highest BCUT2D eigenvalue weighted by Crippen LogP contribution is 2.20. The number of anilines is 1. The molecule has 1 unspecified atom stereocenters. The standard InChI is InChI=1S/C14H18ClN3O3/c1-18(7-12(19)9-21-2)8-14(20)17-11-4-3-10(6-16)13(15)5-11/h3-5,12,19H,7-9H2,1-2H3,(H,17,20). The summed E-state index contributed by atoms with van der Waals surface area (Å²) in [4.78, 5) is 13.5. The Bertz CT molecular complexity index is 531. The monoisotopic (exact) mass is 311 g/mol. The number of aliphatic hydroxyl groups excluding tert-OH is 1. The average Bonchev–Trinajstić information content (AvgIpc) is 2.38. The van der Waals surface area contributed by atoms with E-state index in [-0.39, 0.29) is 19.1 Å². The topological polar surface area (TPSA) is 85.6 Å². The summed E-state index contributed by atoms with van der Waals surface area (Å²) in [5.74, 6) is -0.233. The quantitative estimate of drug-likeness (QED) is 0.787. The summed E-state index contributed by atoms with van der Waals surface area (Å²) in [7, 11) is 3.23. The van der Waals surface area contributed by atoms with Crippen molar-refractivity contribution in [3.8, 4) is 6.07 Å². The van der Waals surface area contributed by atoms with E-state index in [0.29, 0.717) is 22.8 Å². The molecule has 0 saturated carbocycles. The first-order chi connectivity index (χ1) is 9.96. The molecule has 2 N–H and O–H groups in total. The van der Waals surface area contributed by atoms with Crippen LogP contribution in [-0.2, 0) is 9.53 Å². The third-order valence-electron chi connectivity index (χ3n) is 2.67. The zero-order valence-electron chi connectivity index (χ0n) is 12.0. The first kappa shape index (κ1) is 17.4. The van der Waals surface area contributed by atoms with Gasteiger partial charge in [0.1, 0.15) is 6.07 Å². The number of carbonyl (C=O) groups excluding carboxylic acids is 1. The molecule has 1 aromatic carbocycles. The number of methoxy groups -OCH3 is 1. The largest absolute Gasteiger partial charge is 0.389 e. The predicted molar refractivity (Wildman–Crippen MR) is 80.2 cm³/mol. The molecule has 114 valence electrons. The van der Waals surface area contributed by atoms with E-state index in [0.717, 1.165) is 0 Å². The van der Waals surface area contributed by atoms with Gasteiger partial charge in [0.25, 0.3) is 0 Å². The van der Waals surface area contributed by atoms with Gasteiger partial charge in [-0.25, -0.2) is 0 Å². The highest BCUT2D eigenvalue weighted by molar-refractivity contribution is 6.32. The van der Waals surface area contributed by atoms with Crippen molar-refractivity contribution >= 4 is 23.2 Å². The van der Waals surface area contributed by atoms with Crippen LogP contribution in [0.2, 0.25) is 5.02 Å². The smallest absolute Gasteiger partial charge is 0.238 e. The fourth-order valence-corrected chi connectivity index (χ4v) is 2.02. The second-order valence-corrected chi connectivity index (χ2v) is 5.07. The Morgan fingerprint density at radius 1 is 1.62 bits per heavy atom. The Morgan fingerprint density at radius 2 is 2.33 bits per heavy atom. The molecule has 0 aliphatic heterocycles. The molecule has 0 saturated heterocycles. The van der Waals surface area contributed by atoms with E-state index in [9.17, 15) is 9.90 Å². The van der Waals surface area contributed by atoms with Gasteiger partial charge in [-0.2, -0.15) is 5.26 Å². The second kappa shape index (κ2) is 8.60. The lowest BCUT2D eigenvalue weighted by atomic mass is 10.2. The summed E-state index contributed by atoms with van der Waals surface area (Å²) in [5.41, 5.74) is 0.879. The fraction of sp³-hybridized carbons (Fsp3) is 0.429. The molecule has 0 radical (unpaired) electrons. The first-order valence-corrected chi connectivity index (χ1v) is 6.69. The number of hydrogen-bond acceptors (Lipinski definition) is 5. The summed E-state index contributed by atoms with van der Waals surface area (Å²) in [6, 6.07) is 6.63. The second-order valence-electron chi connectivity index (χ2n) is 4.66. The van der Waals surface area contributed by atoms with Crippen LogP contribution < -0.4 is 5.32 Å². The molecule has 7 heteroatoms. The Balaban J connectivity index is 2.50. The molecule has 21 heavy (non-hydrogen) atoms. The van der Waals surface area contributed by atoms with E-state index in [4.69, 9.17) is 21.6 Å². The van der Waals surface area contributed by atoms with Crippen LogP contribution in [0, 0.1) is 11.3 Å². The van der Waals surface area contributed by atoms with Gasteiger partial charge >= 0.3 is 0 Å². The number of aliphatic hydroxyl groups is 1. The van der Waals surface area contributed by atoms with Gasteiger partial charge in [0.05, 0.1) is 29.8 Å². The van der Waals surface area contributed by atoms with Crippen molar-refractivity contribution in [3.05, 3.63) is 28.8 Å². The van der Waals surface area contributed by atoms with Gasteiger partial charge in [-0.3, -0.25) is 9.69 Å². The third kappa shape index (κ3) is 6.10. The maximum Gasteiger partial charge on any atom is 0.238 e.